The summed E-state index contributed by atoms with van der Waals surface area (Å²) >= 11 is 5.25. The van der Waals surface area contributed by atoms with E-state index in [9.17, 15) is 0 Å². The van der Waals surface area contributed by atoms with Crippen molar-refractivity contribution in [2.45, 2.75) is 26.8 Å². The third-order valence-electron chi connectivity index (χ3n) is 2.50. The molecule has 0 aliphatic rings. The first-order valence-corrected chi connectivity index (χ1v) is 7.37. The number of hydrogen-bond donors (Lipinski definition) is 2. The number of nitrogens with one attached hydrogen (secondary N) is 1. The second-order valence-electron chi connectivity index (χ2n) is 4.57. The zero-order valence-electron chi connectivity index (χ0n) is 10.0. The number of nitrogens with two attached hydrogens (primary N) is 1. The molecule has 0 aliphatic heterocycles. The van der Waals surface area contributed by atoms with Gasteiger partial charge in [0.25, 0.3) is 0 Å². The normalized spacial score (nSPS) is 13.3. The number of hydrogen-bond acceptors (Lipinski definition) is 3. The maximum Gasteiger partial charge on any atom is 0.0701 e. The number of thiophene rings is 1. The molecule has 0 radical (unpaired) electrons. The second kappa shape index (κ2) is 7.43. The molecule has 1 aromatic heterocycles. The molecule has 0 aliphatic carbocycles. The summed E-state index contributed by atoms with van der Waals surface area (Å²) in [6, 6.07) is 4.25. The highest BCUT2D eigenvalue weighted by molar-refractivity contribution is 9.11. The van der Waals surface area contributed by atoms with E-state index in [1.54, 1.807) is 11.3 Å². The van der Waals surface area contributed by atoms with Crippen molar-refractivity contribution >= 4 is 27.3 Å². The predicted octanol–water partition coefficient (Wildman–Crippen LogP) is 3.22. The van der Waals surface area contributed by atoms with Gasteiger partial charge in [-0.05, 0) is 59.4 Å². The topological polar surface area (TPSA) is 38.0 Å². The molecule has 1 heterocycles. The fourth-order valence-electron chi connectivity index (χ4n) is 1.78. The molecule has 4 heteroatoms. The summed E-state index contributed by atoms with van der Waals surface area (Å²) in [5.41, 5.74) is 5.76. The van der Waals surface area contributed by atoms with Crippen LogP contribution in [0.4, 0.5) is 0 Å². The third-order valence-corrected chi connectivity index (χ3v) is 4.12. The summed E-state index contributed by atoms with van der Waals surface area (Å²) in [4.78, 5) is 1.37. The van der Waals surface area contributed by atoms with Gasteiger partial charge in [-0.1, -0.05) is 13.8 Å². The van der Waals surface area contributed by atoms with E-state index in [2.05, 4.69) is 47.2 Å². The summed E-state index contributed by atoms with van der Waals surface area (Å²) in [6.45, 7) is 7.24. The van der Waals surface area contributed by atoms with Crippen LogP contribution < -0.4 is 11.1 Å². The molecular formula is C12H21BrN2S. The highest BCUT2D eigenvalue weighted by Crippen LogP contribution is 2.21. The van der Waals surface area contributed by atoms with Crippen LogP contribution in [0.1, 0.15) is 25.1 Å². The van der Waals surface area contributed by atoms with Crippen LogP contribution in [0, 0.1) is 11.8 Å². The minimum absolute atomic E-state index is 0.600. The van der Waals surface area contributed by atoms with Crippen LogP contribution in [0.5, 0.6) is 0 Å². The minimum atomic E-state index is 0.600. The van der Waals surface area contributed by atoms with Gasteiger partial charge in [-0.2, -0.15) is 0 Å². The standard InChI is InChI=1S/C12H21BrN2S/c1-9(2)5-10(6-14)7-15-8-11-3-4-12(13)16-11/h3-4,9-10,15H,5-8,14H2,1-2H3. The lowest BCUT2D eigenvalue weighted by Gasteiger charge is -2.17. The van der Waals surface area contributed by atoms with Crippen LogP contribution in [0.2, 0.25) is 0 Å². The van der Waals surface area contributed by atoms with Gasteiger partial charge in [0.15, 0.2) is 0 Å². The fraction of sp³-hybridized carbons (Fsp3) is 0.667. The van der Waals surface area contributed by atoms with Crippen molar-refractivity contribution in [3.8, 4) is 0 Å². The SMILES string of the molecule is CC(C)CC(CN)CNCc1ccc(Br)s1. The zero-order chi connectivity index (χ0) is 12.0. The molecule has 0 saturated carbocycles. The van der Waals surface area contributed by atoms with E-state index >= 15 is 0 Å². The van der Waals surface area contributed by atoms with E-state index in [-0.39, 0.29) is 0 Å². The highest BCUT2D eigenvalue weighted by Gasteiger charge is 2.08. The molecule has 3 N–H and O–H groups in total. The Morgan fingerprint density at radius 3 is 2.69 bits per heavy atom. The van der Waals surface area contributed by atoms with Crippen molar-refractivity contribution in [3.05, 3.63) is 20.8 Å². The second-order valence-corrected chi connectivity index (χ2v) is 7.12. The Labute approximate surface area is 111 Å². The summed E-state index contributed by atoms with van der Waals surface area (Å²) in [6.07, 6.45) is 1.21. The predicted molar refractivity (Wildman–Crippen MR) is 75.7 cm³/mol. The summed E-state index contributed by atoms with van der Waals surface area (Å²) in [5, 5.41) is 3.48. The average Bonchev–Trinajstić information content (AvgIpc) is 2.62. The quantitative estimate of drug-likeness (QED) is 0.812. The third kappa shape index (κ3) is 5.43. The fourth-order valence-corrected chi connectivity index (χ4v) is 3.23. The van der Waals surface area contributed by atoms with Crippen molar-refractivity contribution < 1.29 is 0 Å². The van der Waals surface area contributed by atoms with Crippen molar-refractivity contribution in [1.82, 2.24) is 5.32 Å². The Morgan fingerprint density at radius 2 is 2.19 bits per heavy atom. The van der Waals surface area contributed by atoms with Gasteiger partial charge in [0.1, 0.15) is 0 Å². The molecule has 16 heavy (non-hydrogen) atoms. The van der Waals surface area contributed by atoms with Crippen molar-refractivity contribution in [2.24, 2.45) is 17.6 Å². The highest BCUT2D eigenvalue weighted by atomic mass is 79.9. The Hall–Kier alpha value is 0.1000. The van der Waals surface area contributed by atoms with E-state index in [0.717, 1.165) is 25.6 Å². The lowest BCUT2D eigenvalue weighted by molar-refractivity contribution is 0.394. The first-order chi connectivity index (χ1) is 7.61. The van der Waals surface area contributed by atoms with Crippen molar-refractivity contribution in [3.63, 3.8) is 0 Å². The smallest absolute Gasteiger partial charge is 0.0701 e. The van der Waals surface area contributed by atoms with Crippen molar-refractivity contribution in [1.29, 1.82) is 0 Å². The van der Waals surface area contributed by atoms with E-state index in [1.165, 1.54) is 15.1 Å². The van der Waals surface area contributed by atoms with Crippen LogP contribution in [0.15, 0.2) is 15.9 Å². The van der Waals surface area contributed by atoms with Gasteiger partial charge in [0, 0.05) is 11.4 Å². The molecule has 92 valence electrons. The Balaban J connectivity index is 2.23. The summed E-state index contributed by atoms with van der Waals surface area (Å²) < 4.78 is 1.20. The Bertz CT molecular complexity index is 299. The monoisotopic (exact) mass is 304 g/mol. The van der Waals surface area contributed by atoms with Gasteiger partial charge in [-0.15, -0.1) is 11.3 Å². The van der Waals surface area contributed by atoms with Gasteiger partial charge in [0.05, 0.1) is 3.79 Å². The Morgan fingerprint density at radius 1 is 1.44 bits per heavy atom. The van der Waals surface area contributed by atoms with E-state index in [4.69, 9.17) is 5.73 Å². The van der Waals surface area contributed by atoms with Crippen LogP contribution in [-0.4, -0.2) is 13.1 Å². The lowest BCUT2D eigenvalue weighted by Crippen LogP contribution is -2.28. The first-order valence-electron chi connectivity index (χ1n) is 5.76. The summed E-state index contributed by atoms with van der Waals surface area (Å²) in [7, 11) is 0. The largest absolute Gasteiger partial charge is 0.330 e. The van der Waals surface area contributed by atoms with Crippen LogP contribution in [0.3, 0.4) is 0 Å². The average molecular weight is 305 g/mol. The summed E-state index contributed by atoms with van der Waals surface area (Å²) in [5.74, 6) is 1.33. The van der Waals surface area contributed by atoms with Gasteiger partial charge >= 0.3 is 0 Å². The molecule has 1 rings (SSSR count). The molecule has 1 unspecified atom stereocenters. The molecule has 1 aromatic rings. The van der Waals surface area contributed by atoms with Crippen molar-refractivity contribution in [2.75, 3.05) is 13.1 Å². The van der Waals surface area contributed by atoms with Crippen LogP contribution >= 0.6 is 27.3 Å². The van der Waals surface area contributed by atoms with E-state index in [1.807, 2.05) is 0 Å². The molecule has 0 saturated heterocycles. The Kier molecular flexibility index (Phi) is 6.58. The molecular weight excluding hydrogens is 284 g/mol. The maximum absolute atomic E-state index is 5.76. The molecule has 1 atom stereocenters. The molecule has 0 aromatic carbocycles. The van der Waals surface area contributed by atoms with E-state index < -0.39 is 0 Å². The van der Waals surface area contributed by atoms with Gasteiger partial charge in [-0.3, -0.25) is 0 Å². The molecule has 0 fully saturated rings. The molecule has 2 nitrogen and oxygen atoms in total. The minimum Gasteiger partial charge on any atom is -0.330 e. The maximum atomic E-state index is 5.76. The molecule has 0 spiro atoms. The van der Waals surface area contributed by atoms with Gasteiger partial charge in [0.2, 0.25) is 0 Å². The zero-order valence-corrected chi connectivity index (χ0v) is 12.4. The molecule has 0 amide bonds. The first kappa shape index (κ1) is 14.2. The van der Waals surface area contributed by atoms with Gasteiger partial charge in [-0.25, -0.2) is 0 Å². The lowest BCUT2D eigenvalue weighted by atomic mass is 9.97. The number of halogens is 1. The van der Waals surface area contributed by atoms with Crippen LogP contribution in [-0.2, 0) is 6.54 Å². The van der Waals surface area contributed by atoms with E-state index in [0.29, 0.717) is 5.92 Å². The number of rotatable bonds is 7. The molecule has 0 bridgehead atoms. The van der Waals surface area contributed by atoms with Gasteiger partial charge < -0.3 is 11.1 Å². The van der Waals surface area contributed by atoms with Crippen LogP contribution in [0.25, 0.3) is 0 Å².